The lowest BCUT2D eigenvalue weighted by molar-refractivity contribution is -0.130. The van der Waals surface area contributed by atoms with Crippen LogP contribution in [0.3, 0.4) is 0 Å². The van der Waals surface area contributed by atoms with Crippen molar-refractivity contribution in [2.75, 3.05) is 33.4 Å². The Morgan fingerprint density at radius 2 is 1.92 bits per heavy atom. The van der Waals surface area contributed by atoms with E-state index in [2.05, 4.69) is 15.6 Å². The maximum Gasteiger partial charge on any atom is 0.254 e. The first-order valence-corrected chi connectivity index (χ1v) is 12.6. The van der Waals surface area contributed by atoms with E-state index >= 15 is 0 Å². The molecular weight excluding hydrogens is 486 g/mol. The number of methoxy groups -OCH3 is 1. The summed E-state index contributed by atoms with van der Waals surface area (Å²) in [4.78, 5) is 45.2. The fourth-order valence-electron chi connectivity index (χ4n) is 4.30. The van der Waals surface area contributed by atoms with Gasteiger partial charge >= 0.3 is 0 Å². The van der Waals surface area contributed by atoms with Gasteiger partial charge in [-0.1, -0.05) is 32.0 Å². The Balaban J connectivity index is 1.66. The monoisotopic (exact) mass is 519 g/mol. The van der Waals surface area contributed by atoms with Gasteiger partial charge in [-0.3, -0.25) is 14.4 Å². The van der Waals surface area contributed by atoms with E-state index in [0.717, 1.165) is 5.56 Å². The minimum absolute atomic E-state index is 0.119. The summed E-state index contributed by atoms with van der Waals surface area (Å²) in [5.74, 6) is 0.574. The van der Waals surface area contributed by atoms with Crippen molar-refractivity contribution < 1.29 is 23.9 Å². The van der Waals surface area contributed by atoms with Gasteiger partial charge in [0.15, 0.2) is 11.5 Å². The molecule has 2 N–H and O–H groups in total. The number of imidazole rings is 1. The average Bonchev–Trinajstić information content (AvgIpc) is 3.39. The second kappa shape index (κ2) is 12.3. The van der Waals surface area contributed by atoms with Crippen LogP contribution in [0.2, 0.25) is 0 Å². The highest BCUT2D eigenvalue weighted by atomic mass is 16.5. The highest BCUT2D eigenvalue weighted by Crippen LogP contribution is 2.32. The van der Waals surface area contributed by atoms with E-state index in [-0.39, 0.29) is 37.4 Å². The molecule has 10 heteroatoms. The Kier molecular flexibility index (Phi) is 8.62. The summed E-state index contributed by atoms with van der Waals surface area (Å²) in [6.07, 6.45) is 3.54. The summed E-state index contributed by atoms with van der Waals surface area (Å²) in [6, 6.07) is 13.5. The van der Waals surface area contributed by atoms with E-state index in [1.165, 1.54) is 4.90 Å². The smallest absolute Gasteiger partial charge is 0.254 e. The Morgan fingerprint density at radius 3 is 2.66 bits per heavy atom. The van der Waals surface area contributed by atoms with Gasteiger partial charge in [0, 0.05) is 36.6 Å². The SMILES string of the molecule is COc1ccc2cc1OCCN(C(=O)c1ccccc1)CC(=O)N[C@H](C(C)C)C(=O)NCCn1ccnc1-2. The molecule has 0 aliphatic carbocycles. The molecule has 10 nitrogen and oxygen atoms in total. The summed E-state index contributed by atoms with van der Waals surface area (Å²) in [5, 5.41) is 5.73. The average molecular weight is 520 g/mol. The van der Waals surface area contributed by atoms with Crippen molar-refractivity contribution in [2.45, 2.75) is 26.4 Å². The molecule has 2 aromatic carbocycles. The predicted molar refractivity (Wildman–Crippen MR) is 142 cm³/mol. The van der Waals surface area contributed by atoms with Crippen LogP contribution in [0, 0.1) is 5.92 Å². The largest absolute Gasteiger partial charge is 0.493 e. The Labute approximate surface area is 221 Å². The van der Waals surface area contributed by atoms with Gasteiger partial charge < -0.3 is 29.6 Å². The number of benzene rings is 2. The summed E-state index contributed by atoms with van der Waals surface area (Å²) in [7, 11) is 1.56. The normalized spacial score (nSPS) is 17.1. The minimum Gasteiger partial charge on any atom is -0.493 e. The van der Waals surface area contributed by atoms with E-state index in [1.807, 2.05) is 42.8 Å². The van der Waals surface area contributed by atoms with Gasteiger partial charge in [-0.15, -0.1) is 0 Å². The number of aromatic nitrogens is 2. The van der Waals surface area contributed by atoms with E-state index < -0.39 is 11.9 Å². The van der Waals surface area contributed by atoms with Gasteiger partial charge in [0.05, 0.1) is 20.2 Å². The molecule has 0 saturated heterocycles. The van der Waals surface area contributed by atoms with Crippen molar-refractivity contribution in [1.82, 2.24) is 25.1 Å². The lowest BCUT2D eigenvalue weighted by atomic mass is 10.0. The van der Waals surface area contributed by atoms with Crippen molar-refractivity contribution in [2.24, 2.45) is 5.92 Å². The molecule has 2 bridgehead atoms. The van der Waals surface area contributed by atoms with Crippen molar-refractivity contribution in [1.29, 1.82) is 0 Å². The number of rotatable bonds is 3. The maximum atomic E-state index is 13.3. The Bertz CT molecular complexity index is 1270. The highest BCUT2D eigenvalue weighted by molar-refractivity contribution is 5.97. The number of amides is 3. The number of ether oxygens (including phenoxy) is 2. The van der Waals surface area contributed by atoms with Gasteiger partial charge in [0.2, 0.25) is 11.8 Å². The van der Waals surface area contributed by atoms with Crippen LogP contribution in [0.1, 0.15) is 24.2 Å². The molecule has 200 valence electrons. The van der Waals surface area contributed by atoms with Crippen molar-refractivity contribution in [3.8, 4) is 22.9 Å². The zero-order valence-corrected chi connectivity index (χ0v) is 21.8. The van der Waals surface area contributed by atoms with Crippen LogP contribution < -0.4 is 20.1 Å². The zero-order chi connectivity index (χ0) is 27.1. The molecule has 0 fully saturated rings. The number of nitrogens with zero attached hydrogens (tertiary/aromatic N) is 3. The Hall–Kier alpha value is -4.34. The fraction of sp³-hybridized carbons (Fsp3) is 0.357. The lowest BCUT2D eigenvalue weighted by Crippen LogP contribution is -2.53. The van der Waals surface area contributed by atoms with Gasteiger partial charge in [-0.25, -0.2) is 4.98 Å². The van der Waals surface area contributed by atoms with E-state index in [0.29, 0.717) is 36.0 Å². The summed E-state index contributed by atoms with van der Waals surface area (Å²) >= 11 is 0. The Morgan fingerprint density at radius 1 is 1.13 bits per heavy atom. The molecule has 4 rings (SSSR count). The zero-order valence-electron chi connectivity index (χ0n) is 21.8. The summed E-state index contributed by atoms with van der Waals surface area (Å²) < 4.78 is 13.5. The summed E-state index contributed by atoms with van der Waals surface area (Å²) in [6.45, 7) is 4.60. The van der Waals surface area contributed by atoms with E-state index in [4.69, 9.17) is 9.47 Å². The van der Waals surface area contributed by atoms with Crippen molar-refractivity contribution in [3.63, 3.8) is 0 Å². The highest BCUT2D eigenvalue weighted by Gasteiger charge is 2.26. The first-order chi connectivity index (χ1) is 18.4. The molecule has 1 aliphatic heterocycles. The molecule has 3 aromatic rings. The van der Waals surface area contributed by atoms with E-state index in [1.54, 1.807) is 43.6 Å². The fourth-order valence-corrected chi connectivity index (χ4v) is 4.30. The van der Waals surface area contributed by atoms with Crippen LogP contribution in [0.25, 0.3) is 11.4 Å². The molecule has 0 spiro atoms. The molecule has 1 aromatic heterocycles. The molecule has 1 atom stereocenters. The van der Waals surface area contributed by atoms with Gasteiger partial charge in [0.1, 0.15) is 18.5 Å². The maximum absolute atomic E-state index is 13.3. The van der Waals surface area contributed by atoms with Crippen LogP contribution in [0.5, 0.6) is 11.5 Å². The molecule has 2 heterocycles. The van der Waals surface area contributed by atoms with Crippen LogP contribution >= 0.6 is 0 Å². The van der Waals surface area contributed by atoms with Gasteiger partial charge in [-0.2, -0.15) is 0 Å². The predicted octanol–water partition coefficient (Wildman–Crippen LogP) is 2.35. The standard InChI is InChI=1S/C28H33N5O5/c1-19(2)25-27(35)30-12-14-32-13-11-29-26(32)21-9-10-22(37-3)23(17-21)38-16-15-33(18-24(34)31-25)28(36)20-7-5-4-6-8-20/h4-11,13,17,19,25H,12,14-16,18H2,1-3H3,(H,30,35)(H,31,34)/t25-/m1/s1. The quantitative estimate of drug-likeness (QED) is 0.549. The number of fused-ring (bicyclic) bond motifs is 4. The van der Waals surface area contributed by atoms with Crippen molar-refractivity contribution in [3.05, 3.63) is 66.5 Å². The number of hydrogen-bond acceptors (Lipinski definition) is 6. The van der Waals surface area contributed by atoms with Crippen LogP contribution in [-0.2, 0) is 16.1 Å². The minimum atomic E-state index is -0.746. The number of hydrogen-bond donors (Lipinski definition) is 2. The van der Waals surface area contributed by atoms with Crippen molar-refractivity contribution >= 4 is 17.7 Å². The third kappa shape index (κ3) is 6.31. The summed E-state index contributed by atoms with van der Waals surface area (Å²) in [5.41, 5.74) is 1.27. The second-order valence-electron chi connectivity index (χ2n) is 9.33. The first-order valence-electron chi connectivity index (χ1n) is 12.6. The van der Waals surface area contributed by atoms with Crippen LogP contribution in [0.15, 0.2) is 60.9 Å². The first kappa shape index (κ1) is 26.7. The number of carbonyl (C=O) groups excluding carboxylic acids is 3. The third-order valence-electron chi connectivity index (χ3n) is 6.32. The number of carbonyl (C=O) groups is 3. The molecule has 0 saturated carbocycles. The topological polar surface area (TPSA) is 115 Å². The van der Waals surface area contributed by atoms with Gasteiger partial charge in [0.25, 0.3) is 5.91 Å². The molecular formula is C28H33N5O5. The van der Waals surface area contributed by atoms with Gasteiger partial charge in [-0.05, 0) is 36.2 Å². The number of nitrogens with one attached hydrogen (secondary N) is 2. The molecule has 0 unspecified atom stereocenters. The second-order valence-corrected chi connectivity index (χ2v) is 9.33. The van der Waals surface area contributed by atoms with Crippen LogP contribution in [0.4, 0.5) is 0 Å². The lowest BCUT2D eigenvalue weighted by Gasteiger charge is -2.26. The molecule has 3 amide bonds. The molecule has 0 radical (unpaired) electrons. The molecule has 1 aliphatic rings. The molecule has 38 heavy (non-hydrogen) atoms. The third-order valence-corrected chi connectivity index (χ3v) is 6.32. The van der Waals surface area contributed by atoms with Crippen LogP contribution in [-0.4, -0.2) is 71.6 Å². The van der Waals surface area contributed by atoms with E-state index in [9.17, 15) is 14.4 Å².